The van der Waals surface area contributed by atoms with Crippen LogP contribution in [0, 0.1) is 5.92 Å². The Bertz CT molecular complexity index is 614. The summed E-state index contributed by atoms with van der Waals surface area (Å²) in [4.78, 5) is 11.3. The van der Waals surface area contributed by atoms with Crippen LogP contribution in [0.25, 0.3) is 0 Å². The lowest BCUT2D eigenvalue weighted by Gasteiger charge is -2.13. The standard InChI is InChI=1S/C13H16F2N2O3S/c14-13(15)21(19,20)11-4-2-1-3-10(11)17-12(18)7-9-5-6-16-8-9/h1-4,9,13,16H,5-8H2,(H,17,18). The molecule has 0 spiro atoms. The molecule has 1 saturated heterocycles. The van der Waals surface area contributed by atoms with Crippen LogP contribution in [-0.2, 0) is 14.6 Å². The van der Waals surface area contributed by atoms with E-state index in [1.165, 1.54) is 18.2 Å². The molecule has 0 aromatic heterocycles. The molecule has 1 heterocycles. The zero-order valence-electron chi connectivity index (χ0n) is 11.2. The minimum Gasteiger partial charge on any atom is -0.325 e. The average molecular weight is 318 g/mol. The van der Waals surface area contributed by atoms with E-state index in [1.807, 2.05) is 0 Å². The molecule has 0 bridgehead atoms. The van der Waals surface area contributed by atoms with E-state index in [2.05, 4.69) is 10.6 Å². The number of carbonyl (C=O) groups is 1. The lowest BCUT2D eigenvalue weighted by atomic mass is 10.0. The van der Waals surface area contributed by atoms with Crippen LogP contribution in [0.5, 0.6) is 0 Å². The average Bonchev–Trinajstić information content (AvgIpc) is 2.91. The van der Waals surface area contributed by atoms with Crippen LogP contribution in [0.1, 0.15) is 12.8 Å². The first kappa shape index (κ1) is 15.8. The van der Waals surface area contributed by atoms with Gasteiger partial charge >= 0.3 is 5.76 Å². The Morgan fingerprint density at radius 2 is 2.10 bits per heavy atom. The zero-order valence-corrected chi connectivity index (χ0v) is 12.0. The fraction of sp³-hybridized carbons (Fsp3) is 0.462. The minimum atomic E-state index is -4.74. The Morgan fingerprint density at radius 1 is 1.38 bits per heavy atom. The van der Waals surface area contributed by atoms with Crippen molar-refractivity contribution in [3.05, 3.63) is 24.3 Å². The van der Waals surface area contributed by atoms with Crippen molar-refractivity contribution in [2.75, 3.05) is 18.4 Å². The highest BCUT2D eigenvalue weighted by Gasteiger charge is 2.29. The first-order chi connectivity index (χ1) is 9.91. The Morgan fingerprint density at radius 3 is 2.71 bits per heavy atom. The quantitative estimate of drug-likeness (QED) is 0.865. The molecule has 0 radical (unpaired) electrons. The van der Waals surface area contributed by atoms with Crippen molar-refractivity contribution in [3.8, 4) is 0 Å². The van der Waals surface area contributed by atoms with E-state index in [0.717, 1.165) is 25.6 Å². The van der Waals surface area contributed by atoms with Gasteiger partial charge in [0.05, 0.1) is 10.6 Å². The van der Waals surface area contributed by atoms with Crippen molar-refractivity contribution < 1.29 is 22.0 Å². The molecule has 0 aliphatic carbocycles. The molecule has 1 atom stereocenters. The summed E-state index contributed by atoms with van der Waals surface area (Å²) in [5.74, 6) is -3.71. The molecule has 8 heteroatoms. The molecule has 2 N–H and O–H groups in total. The van der Waals surface area contributed by atoms with E-state index in [1.54, 1.807) is 0 Å². The zero-order chi connectivity index (χ0) is 15.5. The van der Waals surface area contributed by atoms with E-state index in [0.29, 0.717) is 0 Å². The van der Waals surface area contributed by atoms with Crippen molar-refractivity contribution >= 4 is 21.4 Å². The number of halogens is 2. The second-order valence-corrected chi connectivity index (χ2v) is 6.80. The molecule has 1 aliphatic rings. The second kappa shape index (κ2) is 6.48. The van der Waals surface area contributed by atoms with Crippen molar-refractivity contribution in [1.82, 2.24) is 5.32 Å². The molecule has 1 aliphatic heterocycles. The fourth-order valence-corrected chi connectivity index (χ4v) is 3.15. The predicted octanol–water partition coefficient (Wildman–Crippen LogP) is 1.62. The number of alkyl halides is 2. The summed E-state index contributed by atoms with van der Waals surface area (Å²) in [7, 11) is -4.74. The highest BCUT2D eigenvalue weighted by Crippen LogP contribution is 2.26. The summed E-state index contributed by atoms with van der Waals surface area (Å²) >= 11 is 0. The molecular weight excluding hydrogens is 302 g/mol. The van der Waals surface area contributed by atoms with Gasteiger partial charge in [0.1, 0.15) is 0 Å². The third kappa shape index (κ3) is 3.76. The van der Waals surface area contributed by atoms with Crippen molar-refractivity contribution in [3.63, 3.8) is 0 Å². The molecule has 2 rings (SSSR count). The van der Waals surface area contributed by atoms with Gasteiger partial charge < -0.3 is 10.6 Å². The largest absolute Gasteiger partial charge is 0.341 e. The van der Waals surface area contributed by atoms with Crippen molar-refractivity contribution in [1.29, 1.82) is 0 Å². The molecular formula is C13H16F2N2O3S. The summed E-state index contributed by atoms with van der Waals surface area (Å²) in [5, 5.41) is 5.54. The first-order valence-electron chi connectivity index (χ1n) is 6.53. The van der Waals surface area contributed by atoms with Gasteiger partial charge in [-0.3, -0.25) is 4.79 Å². The van der Waals surface area contributed by atoms with E-state index in [-0.39, 0.29) is 23.9 Å². The lowest BCUT2D eigenvalue weighted by molar-refractivity contribution is -0.117. The molecule has 1 unspecified atom stereocenters. The number of sulfone groups is 1. The fourth-order valence-electron chi connectivity index (χ4n) is 2.27. The second-order valence-electron chi connectivity index (χ2n) is 4.91. The molecule has 0 saturated carbocycles. The van der Waals surface area contributed by atoms with Crippen LogP contribution in [-0.4, -0.2) is 33.2 Å². The third-order valence-electron chi connectivity index (χ3n) is 3.34. The van der Waals surface area contributed by atoms with Gasteiger partial charge in [0.2, 0.25) is 15.7 Å². The first-order valence-corrected chi connectivity index (χ1v) is 8.07. The number of nitrogens with one attached hydrogen (secondary N) is 2. The van der Waals surface area contributed by atoms with Crippen LogP contribution in [0.3, 0.4) is 0 Å². The summed E-state index contributed by atoms with van der Waals surface area (Å²) < 4.78 is 48.4. The van der Waals surface area contributed by atoms with E-state index in [9.17, 15) is 22.0 Å². The topological polar surface area (TPSA) is 75.3 Å². The Balaban J connectivity index is 2.15. The van der Waals surface area contributed by atoms with E-state index < -0.39 is 20.5 Å². The van der Waals surface area contributed by atoms with E-state index in [4.69, 9.17) is 0 Å². The number of carbonyl (C=O) groups excluding carboxylic acids is 1. The van der Waals surface area contributed by atoms with Crippen molar-refractivity contribution in [2.45, 2.75) is 23.5 Å². The summed E-state index contributed by atoms with van der Waals surface area (Å²) in [6.07, 6.45) is 1.10. The summed E-state index contributed by atoms with van der Waals surface area (Å²) in [6.45, 7) is 1.57. The molecule has 21 heavy (non-hydrogen) atoms. The van der Waals surface area contributed by atoms with Gasteiger partial charge in [-0.15, -0.1) is 0 Å². The van der Waals surface area contributed by atoms with Gasteiger partial charge in [-0.05, 0) is 37.6 Å². The maximum Gasteiger partial charge on any atom is 0.341 e. The summed E-state index contributed by atoms with van der Waals surface area (Å²) in [5.41, 5.74) is -0.103. The molecule has 5 nitrogen and oxygen atoms in total. The Kier molecular flexibility index (Phi) is 4.89. The van der Waals surface area contributed by atoms with Crippen LogP contribution in [0.4, 0.5) is 14.5 Å². The number of anilines is 1. The van der Waals surface area contributed by atoms with Crippen LogP contribution in [0.2, 0.25) is 0 Å². The number of hydrogen-bond acceptors (Lipinski definition) is 4. The SMILES string of the molecule is O=C(CC1CCNC1)Nc1ccccc1S(=O)(=O)C(F)F. The summed E-state index contributed by atoms with van der Waals surface area (Å²) in [6, 6.07) is 5.19. The maximum absolute atomic E-state index is 12.6. The molecule has 116 valence electrons. The van der Waals surface area contributed by atoms with Crippen LogP contribution < -0.4 is 10.6 Å². The Hall–Kier alpha value is -1.54. The van der Waals surface area contributed by atoms with Crippen LogP contribution in [0.15, 0.2) is 29.2 Å². The van der Waals surface area contributed by atoms with Gasteiger partial charge in [-0.2, -0.15) is 8.78 Å². The van der Waals surface area contributed by atoms with Crippen LogP contribution >= 0.6 is 0 Å². The Labute approximate surface area is 121 Å². The van der Waals surface area contributed by atoms with E-state index >= 15 is 0 Å². The lowest BCUT2D eigenvalue weighted by Crippen LogP contribution is -2.20. The normalized spacial score (nSPS) is 18.9. The van der Waals surface area contributed by atoms with Crippen molar-refractivity contribution in [2.24, 2.45) is 5.92 Å². The highest BCUT2D eigenvalue weighted by molar-refractivity contribution is 7.91. The van der Waals surface area contributed by atoms with Gasteiger partial charge in [0.15, 0.2) is 0 Å². The smallest absolute Gasteiger partial charge is 0.325 e. The van der Waals surface area contributed by atoms with Gasteiger partial charge in [-0.1, -0.05) is 12.1 Å². The molecule has 1 aromatic rings. The number of hydrogen-bond donors (Lipinski definition) is 2. The minimum absolute atomic E-state index is 0.103. The molecule has 1 amide bonds. The maximum atomic E-state index is 12.6. The number of para-hydroxylation sites is 1. The van der Waals surface area contributed by atoms with Gasteiger partial charge in [0, 0.05) is 6.42 Å². The number of amides is 1. The molecule has 1 fully saturated rings. The monoisotopic (exact) mass is 318 g/mol. The van der Waals surface area contributed by atoms with Gasteiger partial charge in [-0.25, -0.2) is 8.42 Å². The van der Waals surface area contributed by atoms with Gasteiger partial charge in [0.25, 0.3) is 0 Å². The number of benzene rings is 1. The number of rotatable bonds is 5. The predicted molar refractivity (Wildman–Crippen MR) is 73.9 cm³/mol. The highest BCUT2D eigenvalue weighted by atomic mass is 32.2. The molecule has 1 aromatic carbocycles. The third-order valence-corrected chi connectivity index (χ3v) is 4.78.